The summed E-state index contributed by atoms with van der Waals surface area (Å²) in [5.74, 6) is -0.867. The van der Waals surface area contributed by atoms with Gasteiger partial charge in [0.15, 0.2) is 0 Å². The van der Waals surface area contributed by atoms with E-state index in [0.29, 0.717) is 16.9 Å². The molecule has 0 aliphatic heterocycles. The van der Waals surface area contributed by atoms with Gasteiger partial charge >= 0.3 is 10.2 Å². The van der Waals surface area contributed by atoms with Crippen molar-refractivity contribution in [3.8, 4) is 0 Å². The van der Waals surface area contributed by atoms with Crippen molar-refractivity contribution in [1.82, 2.24) is 9.62 Å². The van der Waals surface area contributed by atoms with E-state index in [-0.39, 0.29) is 11.9 Å². The van der Waals surface area contributed by atoms with E-state index in [2.05, 4.69) is 10.6 Å². The number of hydrogen-bond acceptors (Lipinski definition) is 4. The lowest BCUT2D eigenvalue weighted by atomic mass is 10.1. The molecule has 8 nitrogen and oxygen atoms in total. The van der Waals surface area contributed by atoms with E-state index in [4.69, 9.17) is 0 Å². The van der Waals surface area contributed by atoms with Crippen molar-refractivity contribution in [3.63, 3.8) is 0 Å². The van der Waals surface area contributed by atoms with E-state index in [1.165, 1.54) is 14.1 Å². The molecule has 0 aliphatic rings. The molecular weight excluding hydrogens is 404 g/mol. The highest BCUT2D eigenvalue weighted by atomic mass is 32.2. The topological polar surface area (TPSA) is 98.8 Å². The fourth-order valence-electron chi connectivity index (χ4n) is 2.61. The Morgan fingerprint density at radius 1 is 1.00 bits per heavy atom. The molecule has 9 heteroatoms. The van der Waals surface area contributed by atoms with Crippen molar-refractivity contribution in [2.45, 2.75) is 26.3 Å². The molecule has 2 aromatic rings. The summed E-state index contributed by atoms with van der Waals surface area (Å²) in [6.07, 6.45) is 0.773. The largest absolute Gasteiger partial charge is 0.350 e. The Kier molecular flexibility index (Phi) is 7.96. The van der Waals surface area contributed by atoms with E-state index in [9.17, 15) is 18.0 Å². The molecular formula is C21H28N4O4S. The molecule has 1 unspecified atom stereocenters. The molecule has 0 bridgehead atoms. The van der Waals surface area contributed by atoms with Crippen molar-refractivity contribution >= 4 is 33.4 Å². The minimum atomic E-state index is -3.90. The van der Waals surface area contributed by atoms with Crippen molar-refractivity contribution in [3.05, 3.63) is 60.2 Å². The first kappa shape index (κ1) is 23.4. The number of carbonyl (C=O) groups excluding carboxylic acids is 2. The first-order valence-corrected chi connectivity index (χ1v) is 11.0. The Morgan fingerprint density at radius 3 is 2.20 bits per heavy atom. The molecule has 162 valence electrons. The third-order valence-corrected chi connectivity index (χ3v) is 6.33. The Labute approximate surface area is 178 Å². The second kappa shape index (κ2) is 10.2. The number of amides is 2. The van der Waals surface area contributed by atoms with Gasteiger partial charge in [-0.15, -0.1) is 0 Å². The summed E-state index contributed by atoms with van der Waals surface area (Å²) in [6, 6.07) is 15.0. The van der Waals surface area contributed by atoms with Crippen LogP contribution >= 0.6 is 0 Å². The third-order valence-electron chi connectivity index (χ3n) is 4.51. The smallest absolute Gasteiger partial charge is 0.304 e. The van der Waals surface area contributed by atoms with Crippen LogP contribution in [0.5, 0.6) is 0 Å². The summed E-state index contributed by atoms with van der Waals surface area (Å²) in [4.78, 5) is 25.3. The summed E-state index contributed by atoms with van der Waals surface area (Å²) >= 11 is 0. The van der Waals surface area contributed by atoms with Gasteiger partial charge < -0.3 is 10.6 Å². The zero-order valence-corrected chi connectivity index (χ0v) is 18.4. The molecule has 0 heterocycles. The van der Waals surface area contributed by atoms with Gasteiger partial charge in [0.2, 0.25) is 5.91 Å². The zero-order chi connectivity index (χ0) is 22.3. The summed E-state index contributed by atoms with van der Waals surface area (Å²) in [5.41, 5.74) is 0.996. The van der Waals surface area contributed by atoms with Crippen LogP contribution in [0.15, 0.2) is 54.6 Å². The number of rotatable bonds is 9. The number of hydrogen-bond donors (Lipinski definition) is 2. The summed E-state index contributed by atoms with van der Waals surface area (Å²) in [6.45, 7) is 3.41. The molecule has 2 rings (SSSR count). The third kappa shape index (κ3) is 5.80. The monoisotopic (exact) mass is 432 g/mol. The lowest BCUT2D eigenvalue weighted by molar-refractivity contribution is -0.114. The molecule has 0 saturated heterocycles. The standard InChI is InChI=1S/C21H28N4O4S/c1-5-16(2)22-21(27)18-13-9-10-14-19(18)23-20(26)15-25(30(28,29)24(3)4)17-11-7-6-8-12-17/h6-14,16H,5,15H2,1-4H3,(H,22,27)(H,23,26). The van der Waals surface area contributed by atoms with Gasteiger partial charge in [-0.1, -0.05) is 37.3 Å². The van der Waals surface area contributed by atoms with Crippen LogP contribution in [-0.2, 0) is 15.0 Å². The maximum Gasteiger partial charge on any atom is 0.304 e. The van der Waals surface area contributed by atoms with Crippen molar-refractivity contribution < 1.29 is 18.0 Å². The highest BCUT2D eigenvalue weighted by molar-refractivity contribution is 7.90. The van der Waals surface area contributed by atoms with Crippen LogP contribution in [0, 0.1) is 0 Å². The summed E-state index contributed by atoms with van der Waals surface area (Å²) in [7, 11) is -1.10. The van der Waals surface area contributed by atoms with E-state index < -0.39 is 22.7 Å². The molecule has 2 N–H and O–H groups in total. The number of anilines is 2. The van der Waals surface area contributed by atoms with E-state index in [0.717, 1.165) is 15.0 Å². The van der Waals surface area contributed by atoms with Gasteiger partial charge in [-0.2, -0.15) is 12.7 Å². The first-order chi connectivity index (χ1) is 14.2. The predicted octanol–water partition coefficient (Wildman–Crippen LogP) is 2.47. The molecule has 2 aromatic carbocycles. The molecule has 30 heavy (non-hydrogen) atoms. The second-order valence-corrected chi connectivity index (χ2v) is 9.08. The molecule has 0 spiro atoms. The Balaban J connectivity index is 2.26. The van der Waals surface area contributed by atoms with Gasteiger partial charge in [-0.05, 0) is 37.6 Å². The molecule has 0 aliphatic carbocycles. The van der Waals surface area contributed by atoms with Crippen LogP contribution in [0.1, 0.15) is 30.6 Å². The number of nitrogens with zero attached hydrogens (tertiary/aromatic N) is 2. The van der Waals surface area contributed by atoms with Gasteiger partial charge in [-0.25, -0.2) is 4.31 Å². The zero-order valence-electron chi connectivity index (χ0n) is 17.6. The van der Waals surface area contributed by atoms with Gasteiger partial charge in [0.05, 0.1) is 16.9 Å². The van der Waals surface area contributed by atoms with Gasteiger partial charge in [0, 0.05) is 20.1 Å². The van der Waals surface area contributed by atoms with Crippen molar-refractivity contribution in [2.75, 3.05) is 30.3 Å². The lowest BCUT2D eigenvalue weighted by Crippen LogP contribution is -2.44. The lowest BCUT2D eigenvalue weighted by Gasteiger charge is -2.27. The van der Waals surface area contributed by atoms with Crippen LogP contribution < -0.4 is 14.9 Å². The normalized spacial score (nSPS) is 12.3. The average molecular weight is 433 g/mol. The second-order valence-electron chi connectivity index (χ2n) is 7.01. The minimum absolute atomic E-state index is 0.0138. The van der Waals surface area contributed by atoms with E-state index >= 15 is 0 Å². The molecule has 0 aromatic heterocycles. The highest BCUT2D eigenvalue weighted by Crippen LogP contribution is 2.20. The molecule has 0 radical (unpaired) electrons. The molecule has 2 amide bonds. The van der Waals surface area contributed by atoms with Crippen molar-refractivity contribution in [1.29, 1.82) is 0 Å². The molecule has 0 saturated carbocycles. The number of carbonyl (C=O) groups is 2. The maximum atomic E-state index is 12.8. The quantitative estimate of drug-likeness (QED) is 0.636. The Morgan fingerprint density at radius 2 is 1.60 bits per heavy atom. The van der Waals surface area contributed by atoms with Crippen LogP contribution in [0.4, 0.5) is 11.4 Å². The maximum absolute atomic E-state index is 12.8. The molecule has 0 fully saturated rings. The number of nitrogens with one attached hydrogen (secondary N) is 2. The SMILES string of the molecule is CCC(C)NC(=O)c1ccccc1NC(=O)CN(c1ccccc1)S(=O)(=O)N(C)C. The predicted molar refractivity (Wildman–Crippen MR) is 119 cm³/mol. The van der Waals surface area contributed by atoms with Gasteiger partial charge in [0.25, 0.3) is 5.91 Å². The van der Waals surface area contributed by atoms with E-state index in [1.54, 1.807) is 54.6 Å². The fraction of sp³-hybridized carbons (Fsp3) is 0.333. The molecule has 1 atom stereocenters. The Hall–Kier alpha value is -2.91. The summed E-state index contributed by atoms with van der Waals surface area (Å²) in [5, 5.41) is 5.53. The summed E-state index contributed by atoms with van der Waals surface area (Å²) < 4.78 is 27.6. The average Bonchev–Trinajstić information content (AvgIpc) is 2.72. The number of para-hydroxylation sites is 2. The van der Waals surface area contributed by atoms with Crippen LogP contribution in [0.3, 0.4) is 0 Å². The van der Waals surface area contributed by atoms with E-state index in [1.807, 2.05) is 13.8 Å². The fourth-order valence-corrected chi connectivity index (χ4v) is 3.67. The van der Waals surface area contributed by atoms with Crippen LogP contribution in [0.2, 0.25) is 0 Å². The highest BCUT2D eigenvalue weighted by Gasteiger charge is 2.27. The van der Waals surface area contributed by atoms with Crippen LogP contribution in [0.25, 0.3) is 0 Å². The van der Waals surface area contributed by atoms with Crippen LogP contribution in [-0.4, -0.2) is 51.2 Å². The van der Waals surface area contributed by atoms with Gasteiger partial charge in [-0.3, -0.25) is 9.59 Å². The Bertz CT molecular complexity index is 978. The first-order valence-electron chi connectivity index (χ1n) is 9.61. The van der Waals surface area contributed by atoms with Crippen molar-refractivity contribution in [2.24, 2.45) is 0 Å². The minimum Gasteiger partial charge on any atom is -0.350 e. The van der Waals surface area contributed by atoms with Gasteiger partial charge in [0.1, 0.15) is 6.54 Å². The number of benzene rings is 2.